The molecule has 8 heteroatoms. The molecule has 2 fully saturated rings. The Bertz CT molecular complexity index is 1070. The van der Waals surface area contributed by atoms with E-state index in [1.807, 2.05) is 54.3 Å². The minimum absolute atomic E-state index is 0.00371. The van der Waals surface area contributed by atoms with Crippen molar-refractivity contribution >= 4 is 21.4 Å². The Balaban J connectivity index is 1.58. The number of anilines is 1. The SMILES string of the molecule is COc1ccc(OC)c(CCN2CC(=O)N(c3ccc(C)cc3)[C@@H]3CS(=O)(=O)C[C@@H]32)c1. The quantitative estimate of drug-likeness (QED) is 0.679. The average Bonchev–Trinajstić information content (AvgIpc) is 3.07. The van der Waals surface area contributed by atoms with Gasteiger partial charge in [-0.15, -0.1) is 0 Å². The monoisotopic (exact) mass is 444 g/mol. The molecule has 0 aromatic heterocycles. The fraction of sp³-hybridized carbons (Fsp3) is 0.435. The van der Waals surface area contributed by atoms with Crippen LogP contribution in [0, 0.1) is 6.92 Å². The summed E-state index contributed by atoms with van der Waals surface area (Å²) in [5.41, 5.74) is 2.82. The molecular formula is C23H28N2O5S. The van der Waals surface area contributed by atoms with Gasteiger partial charge in [-0.25, -0.2) is 8.42 Å². The molecule has 0 spiro atoms. The van der Waals surface area contributed by atoms with Crippen LogP contribution in [0.3, 0.4) is 0 Å². The van der Waals surface area contributed by atoms with Gasteiger partial charge in [-0.3, -0.25) is 9.69 Å². The summed E-state index contributed by atoms with van der Waals surface area (Å²) in [5.74, 6) is 1.48. The number of rotatable bonds is 6. The lowest BCUT2D eigenvalue weighted by Crippen LogP contribution is -2.62. The highest BCUT2D eigenvalue weighted by Gasteiger charge is 2.49. The number of fused-ring (bicyclic) bond motifs is 1. The fourth-order valence-corrected chi connectivity index (χ4v) is 6.57. The largest absolute Gasteiger partial charge is 0.497 e. The van der Waals surface area contributed by atoms with Gasteiger partial charge in [0.1, 0.15) is 11.5 Å². The lowest BCUT2D eigenvalue weighted by molar-refractivity contribution is -0.123. The Labute approximate surface area is 183 Å². The van der Waals surface area contributed by atoms with E-state index in [-0.39, 0.29) is 36.0 Å². The second-order valence-electron chi connectivity index (χ2n) is 8.21. The summed E-state index contributed by atoms with van der Waals surface area (Å²) >= 11 is 0. The van der Waals surface area contributed by atoms with Crippen molar-refractivity contribution in [3.63, 3.8) is 0 Å². The molecule has 0 aliphatic carbocycles. The van der Waals surface area contributed by atoms with Crippen molar-refractivity contribution in [2.24, 2.45) is 0 Å². The van der Waals surface area contributed by atoms with Gasteiger partial charge in [-0.2, -0.15) is 0 Å². The van der Waals surface area contributed by atoms with Crippen molar-refractivity contribution in [1.82, 2.24) is 4.90 Å². The maximum atomic E-state index is 13.1. The van der Waals surface area contributed by atoms with Crippen LogP contribution in [0.1, 0.15) is 11.1 Å². The molecular weight excluding hydrogens is 416 g/mol. The van der Waals surface area contributed by atoms with E-state index < -0.39 is 9.84 Å². The second-order valence-corrected chi connectivity index (χ2v) is 10.4. The summed E-state index contributed by atoms with van der Waals surface area (Å²) in [6.45, 7) is 2.74. The number of nitrogens with zero attached hydrogens (tertiary/aromatic N) is 2. The van der Waals surface area contributed by atoms with Crippen molar-refractivity contribution in [2.75, 3.05) is 43.7 Å². The van der Waals surface area contributed by atoms with Gasteiger partial charge < -0.3 is 14.4 Å². The number of carbonyl (C=O) groups excluding carboxylic acids is 1. The number of methoxy groups -OCH3 is 2. The molecule has 166 valence electrons. The van der Waals surface area contributed by atoms with E-state index in [0.29, 0.717) is 13.0 Å². The lowest BCUT2D eigenvalue weighted by Gasteiger charge is -2.43. The number of piperazine rings is 1. The molecule has 1 amide bonds. The van der Waals surface area contributed by atoms with E-state index in [1.165, 1.54) is 0 Å². The first-order valence-electron chi connectivity index (χ1n) is 10.4. The Kier molecular flexibility index (Phi) is 5.94. The molecule has 2 aliphatic rings. The molecule has 0 saturated carbocycles. The molecule has 2 saturated heterocycles. The van der Waals surface area contributed by atoms with Gasteiger partial charge in [0, 0.05) is 18.3 Å². The van der Waals surface area contributed by atoms with Gasteiger partial charge in [-0.05, 0) is 49.2 Å². The van der Waals surface area contributed by atoms with Crippen LogP contribution in [0.25, 0.3) is 0 Å². The van der Waals surface area contributed by atoms with Crippen molar-refractivity contribution < 1.29 is 22.7 Å². The second kappa shape index (κ2) is 8.51. The first-order chi connectivity index (χ1) is 14.8. The van der Waals surface area contributed by atoms with Crippen LogP contribution in [0.5, 0.6) is 11.5 Å². The Hall–Kier alpha value is -2.58. The number of aryl methyl sites for hydroxylation is 1. The Morgan fingerprint density at radius 2 is 1.71 bits per heavy atom. The maximum absolute atomic E-state index is 13.1. The van der Waals surface area contributed by atoms with E-state index in [4.69, 9.17) is 9.47 Å². The number of carbonyl (C=O) groups is 1. The fourth-order valence-electron chi connectivity index (χ4n) is 4.59. The molecule has 2 aliphatic heterocycles. The van der Waals surface area contributed by atoms with Crippen molar-refractivity contribution in [1.29, 1.82) is 0 Å². The molecule has 2 aromatic carbocycles. The van der Waals surface area contributed by atoms with Crippen LogP contribution in [0.15, 0.2) is 42.5 Å². The predicted molar refractivity (Wildman–Crippen MR) is 120 cm³/mol. The van der Waals surface area contributed by atoms with Crippen molar-refractivity contribution in [3.05, 3.63) is 53.6 Å². The van der Waals surface area contributed by atoms with Gasteiger partial charge >= 0.3 is 0 Å². The topological polar surface area (TPSA) is 76.2 Å². The molecule has 4 rings (SSSR count). The zero-order chi connectivity index (χ0) is 22.2. The van der Waals surface area contributed by atoms with E-state index >= 15 is 0 Å². The van der Waals surface area contributed by atoms with Crippen LogP contribution in [-0.2, 0) is 21.1 Å². The summed E-state index contributed by atoms with van der Waals surface area (Å²) < 4.78 is 35.9. The zero-order valence-electron chi connectivity index (χ0n) is 18.1. The van der Waals surface area contributed by atoms with E-state index in [2.05, 4.69) is 0 Å². The minimum Gasteiger partial charge on any atom is -0.497 e. The lowest BCUT2D eigenvalue weighted by atomic mass is 10.0. The standard InChI is InChI=1S/C23H28N2O5S/c1-16-4-6-18(7-5-16)25-21-15-31(27,28)14-20(21)24(13-23(25)26)11-10-17-12-19(29-2)8-9-22(17)30-3/h4-9,12,20-21H,10-11,13-15H2,1-3H3/t20-,21+/m0/s1. The minimum atomic E-state index is -3.22. The molecule has 0 unspecified atom stereocenters. The van der Waals surface area contributed by atoms with Gasteiger partial charge in [0.05, 0.1) is 38.3 Å². The summed E-state index contributed by atoms with van der Waals surface area (Å²) in [5, 5.41) is 0. The van der Waals surface area contributed by atoms with Gasteiger partial charge in [0.2, 0.25) is 5.91 Å². The number of hydrogen-bond donors (Lipinski definition) is 0. The Morgan fingerprint density at radius 1 is 1.00 bits per heavy atom. The molecule has 2 heterocycles. The molecule has 0 N–H and O–H groups in total. The van der Waals surface area contributed by atoms with Gasteiger partial charge in [0.15, 0.2) is 9.84 Å². The zero-order valence-corrected chi connectivity index (χ0v) is 18.9. The highest BCUT2D eigenvalue weighted by molar-refractivity contribution is 7.91. The molecule has 7 nitrogen and oxygen atoms in total. The summed E-state index contributed by atoms with van der Waals surface area (Å²) in [4.78, 5) is 16.8. The van der Waals surface area contributed by atoms with E-state index in [9.17, 15) is 13.2 Å². The number of amides is 1. The van der Waals surface area contributed by atoms with Gasteiger partial charge in [-0.1, -0.05) is 17.7 Å². The Morgan fingerprint density at radius 3 is 2.39 bits per heavy atom. The molecule has 0 radical (unpaired) electrons. The number of ether oxygens (including phenoxy) is 2. The smallest absolute Gasteiger partial charge is 0.241 e. The average molecular weight is 445 g/mol. The summed E-state index contributed by atoms with van der Waals surface area (Å²) in [6.07, 6.45) is 0.626. The third-order valence-corrected chi connectivity index (χ3v) is 7.87. The van der Waals surface area contributed by atoms with Crippen molar-refractivity contribution in [2.45, 2.75) is 25.4 Å². The molecule has 31 heavy (non-hydrogen) atoms. The molecule has 2 atom stereocenters. The normalized spacial score (nSPS) is 22.9. The first kappa shape index (κ1) is 21.6. The van der Waals surface area contributed by atoms with Crippen LogP contribution < -0.4 is 14.4 Å². The van der Waals surface area contributed by atoms with Gasteiger partial charge in [0.25, 0.3) is 0 Å². The van der Waals surface area contributed by atoms with Crippen LogP contribution in [-0.4, -0.2) is 70.1 Å². The molecule has 2 aromatic rings. The maximum Gasteiger partial charge on any atom is 0.241 e. The summed E-state index contributed by atoms with van der Waals surface area (Å²) in [7, 11) is 0.0125. The molecule has 0 bridgehead atoms. The third-order valence-electron chi connectivity index (χ3n) is 6.17. The summed E-state index contributed by atoms with van der Waals surface area (Å²) in [6, 6.07) is 12.7. The highest BCUT2D eigenvalue weighted by atomic mass is 32.2. The van der Waals surface area contributed by atoms with Crippen LogP contribution in [0.2, 0.25) is 0 Å². The van der Waals surface area contributed by atoms with E-state index in [0.717, 1.165) is 28.3 Å². The highest BCUT2D eigenvalue weighted by Crippen LogP contribution is 2.32. The van der Waals surface area contributed by atoms with Crippen molar-refractivity contribution in [3.8, 4) is 11.5 Å². The van der Waals surface area contributed by atoms with E-state index in [1.54, 1.807) is 19.1 Å². The van der Waals surface area contributed by atoms with Crippen LogP contribution >= 0.6 is 0 Å². The third kappa shape index (κ3) is 4.41. The predicted octanol–water partition coefficient (Wildman–Crippen LogP) is 2.07. The first-order valence-corrected chi connectivity index (χ1v) is 12.2. The number of hydrogen-bond acceptors (Lipinski definition) is 6. The number of sulfone groups is 1. The van der Waals surface area contributed by atoms with Crippen LogP contribution in [0.4, 0.5) is 5.69 Å². The number of benzene rings is 2.